The minimum atomic E-state index is -0.267. The molecule has 0 aliphatic heterocycles. The normalized spacial score (nSPS) is 12.1. The number of ether oxygens (including phenoxy) is 1. The van der Waals surface area contributed by atoms with Crippen LogP contribution in [0, 0.1) is 0 Å². The maximum atomic E-state index is 12.3. The first-order valence-electron chi connectivity index (χ1n) is 7.39. The van der Waals surface area contributed by atoms with Crippen LogP contribution in [0.3, 0.4) is 0 Å². The van der Waals surface area contributed by atoms with Gasteiger partial charge in [-0.3, -0.25) is 4.79 Å². The van der Waals surface area contributed by atoms with Crippen LogP contribution in [0.1, 0.15) is 6.92 Å². The molecule has 0 aliphatic carbocycles. The Morgan fingerprint density at radius 1 is 1.12 bits per heavy atom. The third-order valence-corrected chi connectivity index (χ3v) is 4.64. The second kappa shape index (κ2) is 6.84. The van der Waals surface area contributed by atoms with Gasteiger partial charge in [-0.05, 0) is 49.4 Å². The molecule has 0 saturated heterocycles. The van der Waals surface area contributed by atoms with E-state index in [1.807, 2.05) is 31.2 Å². The van der Waals surface area contributed by atoms with Gasteiger partial charge in [0.15, 0.2) is 0 Å². The van der Waals surface area contributed by atoms with Gasteiger partial charge in [-0.2, -0.15) is 0 Å². The lowest BCUT2D eigenvalue weighted by Gasteiger charge is -2.12. The molecule has 7 heteroatoms. The molecule has 0 unspecified atom stereocenters. The van der Waals surface area contributed by atoms with E-state index in [1.165, 1.54) is 11.8 Å². The molecular formula is C17H17N3O3S. The molecule has 2 aromatic carbocycles. The third-order valence-electron chi connectivity index (χ3n) is 3.53. The highest BCUT2D eigenvalue weighted by atomic mass is 32.2. The number of carbonyl (C=O) groups excluding carboxylic acids is 1. The zero-order chi connectivity index (χ0) is 17.1. The Kier molecular flexibility index (Phi) is 4.61. The van der Waals surface area contributed by atoms with E-state index in [1.54, 1.807) is 25.3 Å². The maximum absolute atomic E-state index is 12.3. The molecule has 24 heavy (non-hydrogen) atoms. The van der Waals surface area contributed by atoms with Gasteiger partial charge < -0.3 is 20.0 Å². The molecule has 3 rings (SSSR count). The number of aromatic nitrogens is 2. The number of fused-ring (bicyclic) bond motifs is 1. The summed E-state index contributed by atoms with van der Waals surface area (Å²) in [5.41, 5.74) is 1.74. The fraction of sp³-hybridized carbons (Fsp3) is 0.176. The minimum absolute atomic E-state index is 0.104. The molecule has 1 heterocycles. The molecule has 0 bridgehead atoms. The number of amides is 1. The Hall–Kier alpha value is -2.67. The van der Waals surface area contributed by atoms with Gasteiger partial charge in [0.25, 0.3) is 0 Å². The van der Waals surface area contributed by atoms with Crippen molar-refractivity contribution in [2.75, 3.05) is 12.4 Å². The average Bonchev–Trinajstić information content (AvgIpc) is 2.94. The molecule has 1 aromatic heterocycles. The molecule has 0 aliphatic rings. The lowest BCUT2D eigenvalue weighted by atomic mass is 10.2. The SMILES string of the molecule is COc1ccc(S[C@@H](C)C(=O)Nc2ccc3[nH]c(=O)[nH]c3c2)cc1. The summed E-state index contributed by atoms with van der Waals surface area (Å²) in [7, 11) is 1.62. The van der Waals surface area contributed by atoms with E-state index in [9.17, 15) is 9.59 Å². The van der Waals surface area contributed by atoms with Crippen molar-refractivity contribution in [1.29, 1.82) is 0 Å². The molecule has 3 N–H and O–H groups in total. The van der Waals surface area contributed by atoms with Crippen molar-refractivity contribution >= 4 is 34.4 Å². The van der Waals surface area contributed by atoms with Gasteiger partial charge in [0.1, 0.15) is 5.75 Å². The molecule has 124 valence electrons. The predicted octanol–water partition coefficient (Wildman–Crippen LogP) is 2.98. The van der Waals surface area contributed by atoms with Crippen molar-refractivity contribution in [3.63, 3.8) is 0 Å². The van der Waals surface area contributed by atoms with E-state index < -0.39 is 0 Å². The lowest BCUT2D eigenvalue weighted by Crippen LogP contribution is -2.22. The van der Waals surface area contributed by atoms with E-state index in [0.29, 0.717) is 16.7 Å². The van der Waals surface area contributed by atoms with Gasteiger partial charge >= 0.3 is 5.69 Å². The van der Waals surface area contributed by atoms with Crippen molar-refractivity contribution in [1.82, 2.24) is 9.97 Å². The number of aromatic amines is 2. The van der Waals surface area contributed by atoms with Crippen LogP contribution in [0.15, 0.2) is 52.2 Å². The zero-order valence-corrected chi connectivity index (χ0v) is 14.1. The number of benzene rings is 2. The summed E-state index contributed by atoms with van der Waals surface area (Å²) >= 11 is 1.47. The number of carbonyl (C=O) groups is 1. The topological polar surface area (TPSA) is 87.0 Å². The maximum Gasteiger partial charge on any atom is 0.323 e. The Labute approximate surface area is 142 Å². The predicted molar refractivity (Wildman–Crippen MR) is 95.9 cm³/mol. The number of nitrogens with one attached hydrogen (secondary N) is 3. The summed E-state index contributed by atoms with van der Waals surface area (Å²) in [6.07, 6.45) is 0. The lowest BCUT2D eigenvalue weighted by molar-refractivity contribution is -0.115. The number of hydrogen-bond acceptors (Lipinski definition) is 4. The first-order valence-corrected chi connectivity index (χ1v) is 8.27. The fourth-order valence-corrected chi connectivity index (χ4v) is 3.13. The van der Waals surface area contributed by atoms with Crippen LogP contribution in [0.5, 0.6) is 5.75 Å². The first kappa shape index (κ1) is 16.2. The smallest absolute Gasteiger partial charge is 0.323 e. The van der Waals surface area contributed by atoms with Gasteiger partial charge in [0.05, 0.1) is 23.4 Å². The van der Waals surface area contributed by atoms with Crippen molar-refractivity contribution < 1.29 is 9.53 Å². The molecule has 0 fully saturated rings. The largest absolute Gasteiger partial charge is 0.497 e. The molecular weight excluding hydrogens is 326 g/mol. The number of anilines is 1. The van der Waals surface area contributed by atoms with E-state index in [-0.39, 0.29) is 16.8 Å². The van der Waals surface area contributed by atoms with E-state index in [2.05, 4.69) is 15.3 Å². The second-order valence-electron chi connectivity index (χ2n) is 5.26. The molecule has 3 aromatic rings. The van der Waals surface area contributed by atoms with Crippen LogP contribution >= 0.6 is 11.8 Å². The zero-order valence-electron chi connectivity index (χ0n) is 13.3. The Balaban J connectivity index is 1.66. The second-order valence-corrected chi connectivity index (χ2v) is 6.68. The number of rotatable bonds is 5. The fourth-order valence-electron chi connectivity index (χ4n) is 2.27. The van der Waals surface area contributed by atoms with Crippen LogP contribution < -0.4 is 15.7 Å². The highest BCUT2D eigenvalue weighted by Gasteiger charge is 2.15. The van der Waals surface area contributed by atoms with Gasteiger partial charge in [0.2, 0.25) is 5.91 Å². The Bertz CT molecular complexity index is 915. The van der Waals surface area contributed by atoms with Crippen molar-refractivity contribution in [3.05, 3.63) is 52.9 Å². The van der Waals surface area contributed by atoms with Crippen molar-refractivity contribution in [2.45, 2.75) is 17.1 Å². The van der Waals surface area contributed by atoms with E-state index >= 15 is 0 Å². The molecule has 0 saturated carbocycles. The molecule has 1 atom stereocenters. The minimum Gasteiger partial charge on any atom is -0.497 e. The number of methoxy groups -OCH3 is 1. The molecule has 0 radical (unpaired) electrons. The van der Waals surface area contributed by atoms with E-state index in [4.69, 9.17) is 4.74 Å². The summed E-state index contributed by atoms with van der Waals surface area (Å²) in [6.45, 7) is 1.85. The van der Waals surface area contributed by atoms with Crippen LogP contribution in [-0.4, -0.2) is 28.2 Å². The molecule has 0 spiro atoms. The summed E-state index contributed by atoms with van der Waals surface area (Å²) in [6, 6.07) is 12.8. The molecule has 6 nitrogen and oxygen atoms in total. The van der Waals surface area contributed by atoms with Crippen LogP contribution in [0.2, 0.25) is 0 Å². The number of hydrogen-bond donors (Lipinski definition) is 3. The first-order chi connectivity index (χ1) is 11.5. The number of H-pyrrole nitrogens is 2. The van der Waals surface area contributed by atoms with Crippen molar-refractivity contribution in [3.8, 4) is 5.75 Å². The number of thioether (sulfide) groups is 1. The van der Waals surface area contributed by atoms with Crippen LogP contribution in [0.25, 0.3) is 11.0 Å². The van der Waals surface area contributed by atoms with Gasteiger partial charge in [-0.15, -0.1) is 11.8 Å². The number of imidazole rings is 1. The molecule has 1 amide bonds. The van der Waals surface area contributed by atoms with Gasteiger partial charge in [-0.1, -0.05) is 0 Å². The van der Waals surface area contributed by atoms with Gasteiger partial charge in [-0.25, -0.2) is 4.79 Å². The summed E-state index contributed by atoms with van der Waals surface area (Å²) in [5, 5.41) is 2.60. The third kappa shape index (κ3) is 3.62. The summed E-state index contributed by atoms with van der Waals surface area (Å²) in [4.78, 5) is 29.9. The van der Waals surface area contributed by atoms with Crippen LogP contribution in [-0.2, 0) is 4.79 Å². The van der Waals surface area contributed by atoms with E-state index in [0.717, 1.165) is 10.6 Å². The van der Waals surface area contributed by atoms with Gasteiger partial charge in [0, 0.05) is 10.6 Å². The summed E-state index contributed by atoms with van der Waals surface area (Å²) in [5.74, 6) is 0.679. The Morgan fingerprint density at radius 2 is 1.83 bits per heavy atom. The highest BCUT2D eigenvalue weighted by molar-refractivity contribution is 8.00. The monoisotopic (exact) mass is 343 g/mol. The van der Waals surface area contributed by atoms with Crippen molar-refractivity contribution in [2.24, 2.45) is 0 Å². The standard InChI is InChI=1S/C17H17N3O3S/c1-10(24-13-6-4-12(23-2)5-7-13)16(21)18-11-3-8-14-15(9-11)20-17(22)19-14/h3-10H,1-2H3,(H,18,21)(H2,19,20,22)/t10-/m0/s1. The summed E-state index contributed by atoms with van der Waals surface area (Å²) < 4.78 is 5.12. The van der Waals surface area contributed by atoms with Crippen LogP contribution in [0.4, 0.5) is 5.69 Å². The quantitative estimate of drug-likeness (QED) is 0.622. The average molecular weight is 343 g/mol. The highest BCUT2D eigenvalue weighted by Crippen LogP contribution is 2.26. The Morgan fingerprint density at radius 3 is 2.54 bits per heavy atom.